The van der Waals surface area contributed by atoms with Gasteiger partial charge >= 0.3 is 12.3 Å². The predicted octanol–water partition coefficient (Wildman–Crippen LogP) is 4.96. The number of carbonyl (C=O) groups is 1. The lowest BCUT2D eigenvalue weighted by Crippen LogP contribution is -2.44. The van der Waals surface area contributed by atoms with E-state index in [1.54, 1.807) is 25.2 Å². The van der Waals surface area contributed by atoms with Gasteiger partial charge in [0.25, 0.3) is 0 Å². The Morgan fingerprint density at radius 3 is 2.50 bits per heavy atom. The molecule has 0 unspecified atom stereocenters. The van der Waals surface area contributed by atoms with Crippen LogP contribution in [-0.4, -0.2) is 49.1 Å². The monoisotopic (exact) mass is 423 g/mol. The first-order valence-corrected chi connectivity index (χ1v) is 9.69. The molecule has 1 fully saturated rings. The Morgan fingerprint density at radius 1 is 1.23 bits per heavy atom. The number of amides is 1. The van der Waals surface area contributed by atoms with Crippen LogP contribution in [0.15, 0.2) is 48.8 Å². The second-order valence-corrected chi connectivity index (χ2v) is 7.25. The second kappa shape index (κ2) is 10.4. The molecule has 30 heavy (non-hydrogen) atoms. The van der Waals surface area contributed by atoms with Crippen LogP contribution in [0.25, 0.3) is 0 Å². The van der Waals surface area contributed by atoms with E-state index >= 15 is 0 Å². The van der Waals surface area contributed by atoms with Gasteiger partial charge in [-0.2, -0.15) is 13.2 Å². The third kappa shape index (κ3) is 7.03. The molecule has 1 aromatic carbocycles. The van der Waals surface area contributed by atoms with Crippen molar-refractivity contribution in [2.24, 2.45) is 0 Å². The molecule has 164 valence electrons. The minimum Gasteiger partial charge on any atom is -0.411 e. The number of carbonyl (C=O) groups excluding carboxylic acids is 1. The highest BCUT2D eigenvalue weighted by Gasteiger charge is 2.32. The van der Waals surface area contributed by atoms with Gasteiger partial charge in [-0.3, -0.25) is 10.2 Å². The summed E-state index contributed by atoms with van der Waals surface area (Å²) in [6.45, 7) is 10.8. The standard InChI is InChI=1S/C22H28F3N3O2/c1-5-6-7-8-16(2)30-21(29)26-20-14-19(22(23,24)25)13-18(17(20)3)15-28-11-9-27(4)10-12-28/h5-8,13-14H,2,9-12,15H2,1,3-4H3,(H,26,29)/b6-5-,8-7-. The smallest absolute Gasteiger partial charge is 0.411 e. The number of ether oxygens (including phenoxy) is 1. The average Bonchev–Trinajstić information content (AvgIpc) is 2.65. The van der Waals surface area contributed by atoms with Crippen LogP contribution in [0.5, 0.6) is 0 Å². The van der Waals surface area contributed by atoms with Gasteiger partial charge in [0.05, 0.1) is 5.56 Å². The molecule has 1 heterocycles. The maximum Gasteiger partial charge on any atom is 0.417 e. The molecule has 0 bridgehead atoms. The van der Waals surface area contributed by atoms with E-state index in [2.05, 4.69) is 21.7 Å². The normalized spacial score (nSPS) is 16.3. The zero-order valence-electron chi connectivity index (χ0n) is 17.6. The molecule has 0 aromatic heterocycles. The summed E-state index contributed by atoms with van der Waals surface area (Å²) >= 11 is 0. The van der Waals surface area contributed by atoms with Gasteiger partial charge in [0, 0.05) is 38.4 Å². The number of halogens is 3. The number of anilines is 1. The van der Waals surface area contributed by atoms with Crippen molar-refractivity contribution < 1.29 is 22.7 Å². The minimum absolute atomic E-state index is 0.0733. The molecular weight excluding hydrogens is 395 g/mol. The van der Waals surface area contributed by atoms with Gasteiger partial charge in [0.1, 0.15) is 5.76 Å². The van der Waals surface area contributed by atoms with E-state index in [1.165, 1.54) is 6.08 Å². The first-order chi connectivity index (χ1) is 14.1. The number of hydrogen-bond acceptors (Lipinski definition) is 4. The SMILES string of the molecule is C=C(/C=C\C=C/C)OC(=O)Nc1cc(C(F)(F)F)cc(CN2CCN(C)CC2)c1C. The number of allylic oxidation sites excluding steroid dienone is 4. The number of benzene rings is 1. The Labute approximate surface area is 175 Å². The topological polar surface area (TPSA) is 44.8 Å². The molecular formula is C22H28F3N3O2. The summed E-state index contributed by atoms with van der Waals surface area (Å²) in [6.07, 6.45) is 1.23. The number of rotatable bonds is 6. The first-order valence-electron chi connectivity index (χ1n) is 9.69. The van der Waals surface area contributed by atoms with E-state index in [4.69, 9.17) is 4.74 Å². The van der Waals surface area contributed by atoms with Crippen molar-refractivity contribution >= 4 is 11.8 Å². The van der Waals surface area contributed by atoms with E-state index in [9.17, 15) is 18.0 Å². The van der Waals surface area contributed by atoms with Crippen LogP contribution in [0.4, 0.5) is 23.7 Å². The highest BCUT2D eigenvalue weighted by Crippen LogP contribution is 2.34. The fraction of sp³-hybridized carbons (Fsp3) is 0.409. The summed E-state index contributed by atoms with van der Waals surface area (Å²) in [6, 6.07) is 2.09. The highest BCUT2D eigenvalue weighted by atomic mass is 19.4. The van der Waals surface area contributed by atoms with Crippen molar-refractivity contribution in [3.63, 3.8) is 0 Å². The first kappa shape index (κ1) is 23.7. The average molecular weight is 423 g/mol. The molecule has 0 aliphatic carbocycles. The Hall–Kier alpha value is -2.58. The lowest BCUT2D eigenvalue weighted by Gasteiger charge is -2.33. The highest BCUT2D eigenvalue weighted by molar-refractivity contribution is 5.87. The quantitative estimate of drug-likeness (QED) is 0.519. The molecule has 1 aliphatic heterocycles. The van der Waals surface area contributed by atoms with Crippen LogP contribution in [-0.2, 0) is 17.5 Å². The van der Waals surface area contributed by atoms with Gasteiger partial charge < -0.3 is 9.64 Å². The minimum atomic E-state index is -4.52. The van der Waals surface area contributed by atoms with Crippen molar-refractivity contribution in [2.45, 2.75) is 26.6 Å². The fourth-order valence-electron chi connectivity index (χ4n) is 3.04. The summed E-state index contributed by atoms with van der Waals surface area (Å²) in [7, 11) is 2.02. The molecule has 1 saturated heterocycles. The lowest BCUT2D eigenvalue weighted by molar-refractivity contribution is -0.137. The van der Waals surface area contributed by atoms with Crippen LogP contribution < -0.4 is 5.32 Å². The third-order valence-electron chi connectivity index (χ3n) is 4.88. The van der Waals surface area contributed by atoms with Crippen molar-refractivity contribution in [1.29, 1.82) is 0 Å². The maximum atomic E-state index is 13.4. The van der Waals surface area contributed by atoms with E-state index in [0.29, 0.717) is 17.7 Å². The number of piperazine rings is 1. The van der Waals surface area contributed by atoms with Gasteiger partial charge in [0.15, 0.2) is 0 Å². The summed E-state index contributed by atoms with van der Waals surface area (Å²) in [5, 5.41) is 2.43. The number of nitrogens with zero attached hydrogens (tertiary/aromatic N) is 2. The Bertz CT molecular complexity index is 824. The van der Waals surface area contributed by atoms with Crippen LogP contribution in [0.1, 0.15) is 23.6 Å². The van der Waals surface area contributed by atoms with Crippen molar-refractivity contribution in [3.05, 3.63) is 65.5 Å². The van der Waals surface area contributed by atoms with Gasteiger partial charge in [-0.25, -0.2) is 4.79 Å². The fourth-order valence-corrected chi connectivity index (χ4v) is 3.04. The molecule has 0 radical (unpaired) electrons. The molecule has 2 rings (SSSR count). The van der Waals surface area contributed by atoms with Crippen LogP contribution in [0, 0.1) is 6.92 Å². The molecule has 1 aliphatic rings. The molecule has 8 heteroatoms. The second-order valence-electron chi connectivity index (χ2n) is 7.25. The molecule has 0 saturated carbocycles. The van der Waals surface area contributed by atoms with E-state index < -0.39 is 17.8 Å². The van der Waals surface area contributed by atoms with Crippen molar-refractivity contribution in [1.82, 2.24) is 9.80 Å². The predicted molar refractivity (Wildman–Crippen MR) is 112 cm³/mol. The largest absolute Gasteiger partial charge is 0.417 e. The summed E-state index contributed by atoms with van der Waals surface area (Å²) in [5.41, 5.74) is 0.369. The molecule has 1 N–H and O–H groups in total. The van der Waals surface area contributed by atoms with Crippen molar-refractivity contribution in [3.8, 4) is 0 Å². The number of likely N-dealkylation sites (N-methyl/N-ethyl adjacent to an activating group) is 1. The molecule has 1 aromatic rings. The van der Waals surface area contributed by atoms with E-state index in [1.807, 2.05) is 14.0 Å². The molecule has 1 amide bonds. The molecule has 5 nitrogen and oxygen atoms in total. The van der Waals surface area contributed by atoms with Crippen LogP contribution in [0.2, 0.25) is 0 Å². The number of hydrogen-bond donors (Lipinski definition) is 1. The third-order valence-corrected chi connectivity index (χ3v) is 4.88. The van der Waals surface area contributed by atoms with Crippen LogP contribution >= 0.6 is 0 Å². The summed E-state index contributed by atoms with van der Waals surface area (Å²) < 4.78 is 45.3. The van der Waals surface area contributed by atoms with Crippen LogP contribution in [0.3, 0.4) is 0 Å². The zero-order valence-corrected chi connectivity index (χ0v) is 17.6. The maximum absolute atomic E-state index is 13.4. The Balaban J connectivity index is 2.21. The summed E-state index contributed by atoms with van der Waals surface area (Å²) in [5.74, 6) is 0.0767. The van der Waals surface area contributed by atoms with Gasteiger partial charge in [0.2, 0.25) is 0 Å². The van der Waals surface area contributed by atoms with Gasteiger partial charge in [-0.1, -0.05) is 24.8 Å². The molecule has 0 atom stereocenters. The Kier molecular flexibility index (Phi) is 8.25. The van der Waals surface area contributed by atoms with Gasteiger partial charge in [-0.05, 0) is 50.2 Å². The van der Waals surface area contributed by atoms with Gasteiger partial charge in [-0.15, -0.1) is 0 Å². The Morgan fingerprint density at radius 2 is 1.90 bits per heavy atom. The van der Waals surface area contributed by atoms with Crippen molar-refractivity contribution in [2.75, 3.05) is 38.5 Å². The zero-order chi connectivity index (χ0) is 22.3. The lowest BCUT2D eigenvalue weighted by atomic mass is 10.0. The summed E-state index contributed by atoms with van der Waals surface area (Å²) in [4.78, 5) is 16.4. The van der Waals surface area contributed by atoms with E-state index in [-0.39, 0.29) is 11.4 Å². The number of alkyl halides is 3. The molecule has 0 spiro atoms. The van der Waals surface area contributed by atoms with E-state index in [0.717, 1.165) is 38.3 Å². The number of nitrogens with one attached hydrogen (secondary N) is 1.